The van der Waals surface area contributed by atoms with Gasteiger partial charge in [0.1, 0.15) is 0 Å². The van der Waals surface area contributed by atoms with Gasteiger partial charge in [0, 0.05) is 0 Å². The van der Waals surface area contributed by atoms with Crippen LogP contribution in [0.4, 0.5) is 10.1 Å². The Balaban J connectivity index is 1.90. The van der Waals surface area contributed by atoms with Crippen molar-refractivity contribution in [2.45, 2.75) is 25.7 Å². The first kappa shape index (κ1) is 18.8. The number of ether oxygens (including phenoxy) is 1. The summed E-state index contributed by atoms with van der Waals surface area (Å²) in [5.74, 6) is -0.551. The van der Waals surface area contributed by atoms with E-state index >= 15 is 0 Å². The third-order valence-corrected chi connectivity index (χ3v) is 5.17. The van der Waals surface area contributed by atoms with Crippen molar-refractivity contribution in [3.8, 4) is 11.8 Å². The van der Waals surface area contributed by atoms with Gasteiger partial charge in [-0.3, -0.25) is 4.72 Å². The highest BCUT2D eigenvalue weighted by Crippen LogP contribution is 2.26. The van der Waals surface area contributed by atoms with Gasteiger partial charge in [0.05, 0.1) is 22.0 Å². The van der Waals surface area contributed by atoms with Gasteiger partial charge in [-0.15, -0.1) is 0 Å². The van der Waals surface area contributed by atoms with Crippen LogP contribution in [0.5, 0.6) is 11.8 Å². The maximum atomic E-state index is 13.7. The number of halogens is 1. The average Bonchev–Trinajstić information content (AvgIpc) is 2.60. The van der Waals surface area contributed by atoms with E-state index in [9.17, 15) is 12.8 Å². The summed E-state index contributed by atoms with van der Waals surface area (Å²) < 4.78 is 46.9. The lowest BCUT2D eigenvalue weighted by molar-refractivity contribution is 0.409. The molecule has 0 saturated heterocycles. The van der Waals surface area contributed by atoms with Gasteiger partial charge in [0.15, 0.2) is 11.6 Å². The van der Waals surface area contributed by atoms with Crippen molar-refractivity contribution in [2.75, 3.05) is 4.72 Å². The van der Waals surface area contributed by atoms with Gasteiger partial charge >= 0.3 is 6.01 Å². The number of hydrogen-bond donors (Lipinski definition) is 1. The van der Waals surface area contributed by atoms with E-state index in [1.54, 1.807) is 38.1 Å². The third kappa shape index (κ3) is 4.22. The summed E-state index contributed by atoms with van der Waals surface area (Å²) in [7, 11) is -3.79. The molecule has 1 N–H and O–H groups in total. The Morgan fingerprint density at radius 3 is 2.26 bits per heavy atom. The van der Waals surface area contributed by atoms with Crippen molar-refractivity contribution < 1.29 is 17.5 Å². The standard InChI is InChI=1S/C19H18FN3O3S/c1-12-7-6-8-15(11-12)27(24,25)23-18-13(2)21-19(22-14(18)3)26-17-10-5-4-9-16(17)20/h4-11,23H,1-3H3. The topological polar surface area (TPSA) is 81.2 Å². The molecule has 27 heavy (non-hydrogen) atoms. The molecular formula is C19H18FN3O3S. The summed E-state index contributed by atoms with van der Waals surface area (Å²) in [6.07, 6.45) is 0. The molecule has 0 fully saturated rings. The minimum absolute atomic E-state index is 0.00982. The molecule has 0 aliphatic heterocycles. The molecule has 6 nitrogen and oxygen atoms in total. The maximum Gasteiger partial charge on any atom is 0.322 e. The zero-order chi connectivity index (χ0) is 19.6. The quantitative estimate of drug-likeness (QED) is 0.712. The summed E-state index contributed by atoms with van der Waals surface area (Å²) in [5.41, 5.74) is 1.82. The first-order chi connectivity index (χ1) is 12.8. The molecule has 0 spiro atoms. The van der Waals surface area contributed by atoms with Crippen molar-refractivity contribution >= 4 is 15.7 Å². The number of sulfonamides is 1. The predicted octanol–water partition coefficient (Wildman–Crippen LogP) is 4.13. The molecule has 0 aliphatic rings. The molecule has 0 bridgehead atoms. The van der Waals surface area contributed by atoms with Gasteiger partial charge in [-0.2, -0.15) is 9.97 Å². The van der Waals surface area contributed by atoms with Crippen LogP contribution in [-0.2, 0) is 10.0 Å². The second-order valence-corrected chi connectivity index (χ2v) is 7.69. The highest BCUT2D eigenvalue weighted by atomic mass is 32.2. The fourth-order valence-corrected chi connectivity index (χ4v) is 3.76. The van der Waals surface area contributed by atoms with Crippen molar-refractivity contribution in [3.05, 3.63) is 71.3 Å². The van der Waals surface area contributed by atoms with Crippen LogP contribution in [0.3, 0.4) is 0 Å². The van der Waals surface area contributed by atoms with Crippen LogP contribution in [0.15, 0.2) is 53.4 Å². The molecule has 8 heteroatoms. The monoisotopic (exact) mass is 387 g/mol. The van der Waals surface area contributed by atoms with Crippen LogP contribution in [-0.4, -0.2) is 18.4 Å². The number of hydrogen-bond acceptors (Lipinski definition) is 5. The molecule has 140 valence electrons. The fraction of sp³-hybridized carbons (Fsp3) is 0.158. The van der Waals surface area contributed by atoms with Gasteiger partial charge in [0.25, 0.3) is 10.0 Å². The van der Waals surface area contributed by atoms with E-state index in [0.29, 0.717) is 11.4 Å². The zero-order valence-electron chi connectivity index (χ0n) is 15.0. The van der Waals surface area contributed by atoms with Gasteiger partial charge in [-0.05, 0) is 50.6 Å². The van der Waals surface area contributed by atoms with Crippen molar-refractivity contribution in [1.82, 2.24) is 9.97 Å². The first-order valence-corrected chi connectivity index (χ1v) is 9.62. The second kappa shape index (κ2) is 7.32. The molecule has 2 aromatic carbocycles. The molecule has 0 amide bonds. The lowest BCUT2D eigenvalue weighted by atomic mass is 10.2. The van der Waals surface area contributed by atoms with Crippen LogP contribution in [0.2, 0.25) is 0 Å². The maximum absolute atomic E-state index is 13.7. The van der Waals surface area contributed by atoms with Crippen molar-refractivity contribution in [1.29, 1.82) is 0 Å². The van der Waals surface area contributed by atoms with Crippen LogP contribution < -0.4 is 9.46 Å². The number of aromatic nitrogens is 2. The lowest BCUT2D eigenvalue weighted by Crippen LogP contribution is -2.16. The number of para-hydroxylation sites is 1. The molecule has 0 atom stereocenters. The SMILES string of the molecule is Cc1cccc(S(=O)(=O)Nc2c(C)nc(Oc3ccccc3F)nc2C)c1. The zero-order valence-corrected chi connectivity index (χ0v) is 15.8. The normalized spacial score (nSPS) is 11.3. The summed E-state index contributed by atoms with van der Waals surface area (Å²) in [5, 5.41) is 0. The number of nitrogens with zero attached hydrogens (tertiary/aromatic N) is 2. The molecular weight excluding hydrogens is 369 g/mol. The van der Waals surface area contributed by atoms with Crippen LogP contribution in [0.25, 0.3) is 0 Å². The van der Waals surface area contributed by atoms with Gasteiger partial charge in [-0.25, -0.2) is 12.8 Å². The Labute approximate surface area is 157 Å². The average molecular weight is 387 g/mol. The van der Waals surface area contributed by atoms with E-state index in [4.69, 9.17) is 4.74 Å². The molecule has 0 saturated carbocycles. The first-order valence-electron chi connectivity index (χ1n) is 8.13. The number of benzene rings is 2. The van der Waals surface area contributed by atoms with E-state index in [1.165, 1.54) is 18.2 Å². The van der Waals surface area contributed by atoms with Gasteiger partial charge in [0.2, 0.25) is 0 Å². The van der Waals surface area contributed by atoms with Crippen LogP contribution >= 0.6 is 0 Å². The molecule has 0 aliphatic carbocycles. The summed E-state index contributed by atoms with van der Waals surface area (Å²) in [6, 6.07) is 12.4. The minimum Gasteiger partial charge on any atom is -0.421 e. The Morgan fingerprint density at radius 1 is 0.963 bits per heavy atom. The van der Waals surface area contributed by atoms with Crippen molar-refractivity contribution in [2.24, 2.45) is 0 Å². The summed E-state index contributed by atoms with van der Waals surface area (Å²) in [6.45, 7) is 5.06. The number of rotatable bonds is 5. The Bertz CT molecular complexity index is 1080. The smallest absolute Gasteiger partial charge is 0.322 e. The van der Waals surface area contributed by atoms with E-state index in [-0.39, 0.29) is 22.3 Å². The third-order valence-electron chi connectivity index (χ3n) is 3.82. The van der Waals surface area contributed by atoms with E-state index in [2.05, 4.69) is 14.7 Å². The predicted molar refractivity (Wildman–Crippen MR) is 100.0 cm³/mol. The lowest BCUT2D eigenvalue weighted by Gasteiger charge is -2.14. The number of aryl methyl sites for hydroxylation is 3. The highest BCUT2D eigenvalue weighted by Gasteiger charge is 2.19. The second-order valence-electron chi connectivity index (χ2n) is 6.01. The molecule has 3 rings (SSSR count). The van der Waals surface area contributed by atoms with E-state index in [1.807, 2.05) is 13.0 Å². The molecule has 0 unspecified atom stereocenters. The Kier molecular flexibility index (Phi) is 5.09. The van der Waals surface area contributed by atoms with E-state index < -0.39 is 15.8 Å². The number of nitrogens with one attached hydrogen (secondary N) is 1. The van der Waals surface area contributed by atoms with E-state index in [0.717, 1.165) is 5.56 Å². The molecule has 1 heterocycles. The minimum atomic E-state index is -3.79. The summed E-state index contributed by atoms with van der Waals surface area (Å²) in [4.78, 5) is 8.42. The molecule has 3 aromatic rings. The number of anilines is 1. The Morgan fingerprint density at radius 2 is 1.63 bits per heavy atom. The Hall–Kier alpha value is -3.00. The molecule has 0 radical (unpaired) electrons. The molecule has 1 aromatic heterocycles. The largest absolute Gasteiger partial charge is 0.421 e. The van der Waals surface area contributed by atoms with Crippen molar-refractivity contribution in [3.63, 3.8) is 0 Å². The van der Waals surface area contributed by atoms with Crippen LogP contribution in [0.1, 0.15) is 17.0 Å². The van der Waals surface area contributed by atoms with Crippen LogP contribution in [0, 0.1) is 26.6 Å². The summed E-state index contributed by atoms with van der Waals surface area (Å²) >= 11 is 0. The van der Waals surface area contributed by atoms with Gasteiger partial charge in [-0.1, -0.05) is 24.3 Å². The fourth-order valence-electron chi connectivity index (χ4n) is 2.48. The van der Waals surface area contributed by atoms with Gasteiger partial charge < -0.3 is 4.74 Å². The highest BCUT2D eigenvalue weighted by molar-refractivity contribution is 7.92.